The molecule has 0 unspecified atom stereocenters. The van der Waals surface area contributed by atoms with Crippen molar-refractivity contribution < 1.29 is 14.3 Å². The Morgan fingerprint density at radius 3 is 2.65 bits per heavy atom. The number of hydrogen-bond acceptors (Lipinski definition) is 4. The van der Waals surface area contributed by atoms with Gasteiger partial charge in [0, 0.05) is 19.0 Å². The van der Waals surface area contributed by atoms with Gasteiger partial charge in [-0.2, -0.15) is 0 Å². The largest absolute Gasteiger partial charge is 0.497 e. The van der Waals surface area contributed by atoms with E-state index in [1.165, 1.54) is 32.1 Å². The molecule has 0 spiro atoms. The topological polar surface area (TPSA) is 50.8 Å². The molecule has 5 heteroatoms. The fourth-order valence-corrected chi connectivity index (χ4v) is 3.67. The number of benzene rings is 1. The van der Waals surface area contributed by atoms with Crippen LogP contribution in [-0.4, -0.2) is 51.2 Å². The lowest BCUT2D eigenvalue weighted by atomic mass is 9.94. The molecule has 0 atom stereocenters. The molecule has 26 heavy (non-hydrogen) atoms. The van der Waals surface area contributed by atoms with Crippen LogP contribution in [0, 0.1) is 0 Å². The average Bonchev–Trinajstić information content (AvgIpc) is 2.69. The second-order valence-corrected chi connectivity index (χ2v) is 7.15. The van der Waals surface area contributed by atoms with Crippen molar-refractivity contribution in [3.05, 3.63) is 23.8 Å². The first-order valence-electron chi connectivity index (χ1n) is 9.82. The number of carbonyl (C=O) groups is 1. The molecule has 1 aliphatic carbocycles. The van der Waals surface area contributed by atoms with E-state index in [9.17, 15) is 4.79 Å². The summed E-state index contributed by atoms with van der Waals surface area (Å²) in [5.41, 5.74) is 0.999. The molecule has 1 saturated carbocycles. The first kappa shape index (κ1) is 20.6. The first-order chi connectivity index (χ1) is 12.6. The van der Waals surface area contributed by atoms with Crippen LogP contribution in [0.5, 0.6) is 11.5 Å². The molecule has 146 valence electrons. The molecule has 0 radical (unpaired) electrons. The number of amides is 1. The lowest BCUT2D eigenvalue weighted by molar-refractivity contribution is -0.121. The molecule has 0 bridgehead atoms. The van der Waals surface area contributed by atoms with Crippen LogP contribution < -0.4 is 14.8 Å². The molecule has 1 amide bonds. The fraction of sp³-hybridized carbons (Fsp3) is 0.667. The fourth-order valence-electron chi connectivity index (χ4n) is 3.67. The Morgan fingerprint density at radius 2 is 1.96 bits per heavy atom. The molecule has 0 aromatic heterocycles. The van der Waals surface area contributed by atoms with E-state index < -0.39 is 0 Å². The van der Waals surface area contributed by atoms with Crippen LogP contribution in [0.2, 0.25) is 0 Å². The van der Waals surface area contributed by atoms with Crippen LogP contribution in [0.1, 0.15) is 50.5 Å². The number of aryl methyl sites for hydroxylation is 1. The van der Waals surface area contributed by atoms with Crippen LogP contribution in [0.3, 0.4) is 0 Å². The molecule has 1 aromatic rings. The first-order valence-corrected chi connectivity index (χ1v) is 9.82. The predicted octanol–water partition coefficient (Wildman–Crippen LogP) is 3.41. The quantitative estimate of drug-likeness (QED) is 0.648. The SMILES string of the molecule is COc1ccc(OC)c(CCC(=O)NCCCN(C)C2CCCCC2)c1. The van der Waals surface area contributed by atoms with Crippen LogP contribution in [0.4, 0.5) is 0 Å². The van der Waals surface area contributed by atoms with Crippen molar-refractivity contribution in [2.24, 2.45) is 0 Å². The lowest BCUT2D eigenvalue weighted by Gasteiger charge is -2.31. The molecule has 1 N–H and O–H groups in total. The van der Waals surface area contributed by atoms with E-state index in [1.54, 1.807) is 14.2 Å². The Labute approximate surface area is 158 Å². The van der Waals surface area contributed by atoms with Gasteiger partial charge in [-0.3, -0.25) is 4.79 Å². The Kier molecular flexibility index (Phi) is 8.75. The van der Waals surface area contributed by atoms with E-state index in [0.29, 0.717) is 12.8 Å². The summed E-state index contributed by atoms with van der Waals surface area (Å²) < 4.78 is 10.6. The summed E-state index contributed by atoms with van der Waals surface area (Å²) in [5, 5.41) is 3.04. The van der Waals surface area contributed by atoms with Crippen LogP contribution in [0.25, 0.3) is 0 Å². The zero-order valence-electron chi connectivity index (χ0n) is 16.6. The van der Waals surface area contributed by atoms with Gasteiger partial charge in [-0.15, -0.1) is 0 Å². The Morgan fingerprint density at radius 1 is 1.19 bits per heavy atom. The molecule has 0 aliphatic heterocycles. The van der Waals surface area contributed by atoms with Crippen LogP contribution >= 0.6 is 0 Å². The maximum atomic E-state index is 12.1. The third-order valence-electron chi connectivity index (χ3n) is 5.32. The monoisotopic (exact) mass is 362 g/mol. The Hall–Kier alpha value is -1.75. The van der Waals surface area contributed by atoms with Crippen molar-refractivity contribution >= 4 is 5.91 Å². The minimum absolute atomic E-state index is 0.0928. The molecule has 0 saturated heterocycles. The van der Waals surface area contributed by atoms with E-state index in [0.717, 1.165) is 42.6 Å². The second kappa shape index (κ2) is 11.1. The second-order valence-electron chi connectivity index (χ2n) is 7.15. The van der Waals surface area contributed by atoms with Crippen molar-refractivity contribution in [2.75, 3.05) is 34.4 Å². The number of carbonyl (C=O) groups excluding carboxylic acids is 1. The number of nitrogens with one attached hydrogen (secondary N) is 1. The highest BCUT2D eigenvalue weighted by atomic mass is 16.5. The standard InChI is InChI=1S/C21H34N2O3/c1-23(18-8-5-4-6-9-18)15-7-14-22-21(24)13-10-17-16-19(25-2)11-12-20(17)26-3/h11-12,16,18H,4-10,13-15H2,1-3H3,(H,22,24). The molecule has 0 heterocycles. The number of nitrogens with zero attached hydrogens (tertiary/aromatic N) is 1. The minimum atomic E-state index is 0.0928. The highest BCUT2D eigenvalue weighted by molar-refractivity contribution is 5.76. The van der Waals surface area contributed by atoms with Gasteiger partial charge in [-0.05, 0) is 63.0 Å². The van der Waals surface area contributed by atoms with Crippen molar-refractivity contribution in [1.29, 1.82) is 0 Å². The zero-order valence-corrected chi connectivity index (χ0v) is 16.6. The smallest absolute Gasteiger partial charge is 0.220 e. The highest BCUT2D eigenvalue weighted by Gasteiger charge is 2.17. The molecule has 1 fully saturated rings. The molecule has 5 nitrogen and oxygen atoms in total. The van der Waals surface area contributed by atoms with Crippen molar-refractivity contribution in [3.8, 4) is 11.5 Å². The van der Waals surface area contributed by atoms with Gasteiger partial charge in [0.15, 0.2) is 0 Å². The van der Waals surface area contributed by atoms with Gasteiger partial charge >= 0.3 is 0 Å². The predicted molar refractivity (Wildman–Crippen MR) is 105 cm³/mol. The average molecular weight is 363 g/mol. The van der Waals surface area contributed by atoms with Gasteiger partial charge in [-0.1, -0.05) is 19.3 Å². The summed E-state index contributed by atoms with van der Waals surface area (Å²) in [7, 11) is 5.50. The number of ether oxygens (including phenoxy) is 2. The molecule has 1 aromatic carbocycles. The van der Waals surface area contributed by atoms with E-state index in [4.69, 9.17) is 9.47 Å². The van der Waals surface area contributed by atoms with E-state index >= 15 is 0 Å². The summed E-state index contributed by atoms with van der Waals surface area (Å²) in [6.45, 7) is 1.79. The minimum Gasteiger partial charge on any atom is -0.497 e. The molecule has 2 rings (SSSR count). The summed E-state index contributed by atoms with van der Waals surface area (Å²) >= 11 is 0. The van der Waals surface area contributed by atoms with Gasteiger partial charge in [0.05, 0.1) is 14.2 Å². The normalized spacial score (nSPS) is 15.1. The lowest BCUT2D eigenvalue weighted by Crippen LogP contribution is -2.35. The molecular formula is C21H34N2O3. The van der Waals surface area contributed by atoms with Crippen molar-refractivity contribution in [1.82, 2.24) is 10.2 Å². The highest BCUT2D eigenvalue weighted by Crippen LogP contribution is 2.25. The van der Waals surface area contributed by atoms with Crippen LogP contribution in [-0.2, 0) is 11.2 Å². The Bertz CT molecular complexity index is 556. The Balaban J connectivity index is 1.66. The number of hydrogen-bond donors (Lipinski definition) is 1. The number of rotatable bonds is 10. The third-order valence-corrected chi connectivity index (χ3v) is 5.32. The zero-order chi connectivity index (χ0) is 18.8. The summed E-state index contributed by atoms with van der Waals surface area (Å²) in [4.78, 5) is 14.6. The summed E-state index contributed by atoms with van der Waals surface area (Å²) in [6, 6.07) is 6.42. The maximum Gasteiger partial charge on any atom is 0.220 e. The van der Waals surface area contributed by atoms with E-state index in [1.807, 2.05) is 18.2 Å². The van der Waals surface area contributed by atoms with Gasteiger partial charge in [0.2, 0.25) is 5.91 Å². The van der Waals surface area contributed by atoms with E-state index in [2.05, 4.69) is 17.3 Å². The van der Waals surface area contributed by atoms with Crippen molar-refractivity contribution in [2.45, 2.75) is 57.4 Å². The summed E-state index contributed by atoms with van der Waals surface area (Å²) in [6.07, 6.45) is 8.87. The third kappa shape index (κ3) is 6.52. The van der Waals surface area contributed by atoms with Crippen LogP contribution in [0.15, 0.2) is 18.2 Å². The maximum absolute atomic E-state index is 12.1. The van der Waals surface area contributed by atoms with Gasteiger partial charge in [0.25, 0.3) is 0 Å². The molecular weight excluding hydrogens is 328 g/mol. The van der Waals surface area contributed by atoms with Crippen molar-refractivity contribution in [3.63, 3.8) is 0 Å². The van der Waals surface area contributed by atoms with Gasteiger partial charge < -0.3 is 19.7 Å². The summed E-state index contributed by atoms with van der Waals surface area (Å²) in [5.74, 6) is 1.68. The molecule has 1 aliphatic rings. The van der Waals surface area contributed by atoms with Gasteiger partial charge in [0.1, 0.15) is 11.5 Å². The van der Waals surface area contributed by atoms with E-state index in [-0.39, 0.29) is 5.91 Å². The van der Waals surface area contributed by atoms with Gasteiger partial charge in [-0.25, -0.2) is 0 Å². The number of methoxy groups -OCH3 is 2.